The Morgan fingerprint density at radius 1 is 1.10 bits per heavy atom. The molecule has 0 unspecified atom stereocenters. The van der Waals surface area contributed by atoms with Crippen LogP contribution >= 0.6 is 0 Å². The monoisotopic (exact) mass is 444 g/mol. The lowest BCUT2D eigenvalue weighted by atomic mass is 10.1. The molecule has 4 rings (SSSR count). The highest BCUT2D eigenvalue weighted by atomic mass is 32.2. The van der Waals surface area contributed by atoms with E-state index in [1.54, 1.807) is 37.5 Å². The van der Waals surface area contributed by atoms with E-state index in [0.29, 0.717) is 49.2 Å². The first-order chi connectivity index (χ1) is 15.0. The minimum absolute atomic E-state index is 0.228. The van der Waals surface area contributed by atoms with Crippen LogP contribution in [-0.4, -0.2) is 52.0 Å². The van der Waals surface area contributed by atoms with Gasteiger partial charge in [-0.15, -0.1) is 0 Å². The van der Waals surface area contributed by atoms with Crippen molar-refractivity contribution in [2.24, 2.45) is 0 Å². The number of sulfonamides is 1. The third kappa shape index (κ3) is 4.67. The van der Waals surface area contributed by atoms with Crippen molar-refractivity contribution in [2.75, 3.05) is 38.7 Å². The molecule has 0 aromatic heterocycles. The van der Waals surface area contributed by atoms with Crippen molar-refractivity contribution < 1.29 is 27.4 Å². The van der Waals surface area contributed by atoms with E-state index in [1.165, 1.54) is 22.5 Å². The number of hydrogen-bond acceptors (Lipinski definition) is 6. The Bertz CT molecular complexity index is 1070. The molecule has 0 aliphatic carbocycles. The predicted octanol–water partition coefficient (Wildman–Crippen LogP) is 2.90. The van der Waals surface area contributed by atoms with Crippen molar-refractivity contribution in [3.8, 4) is 17.2 Å². The summed E-state index contributed by atoms with van der Waals surface area (Å²) < 4.78 is 43.2. The summed E-state index contributed by atoms with van der Waals surface area (Å²) in [5, 5.41) is 2.73. The Morgan fingerprint density at radius 2 is 1.81 bits per heavy atom. The van der Waals surface area contributed by atoms with Crippen molar-refractivity contribution >= 4 is 27.7 Å². The first kappa shape index (κ1) is 21.2. The van der Waals surface area contributed by atoms with E-state index in [0.717, 1.165) is 18.4 Å². The Morgan fingerprint density at radius 3 is 2.52 bits per heavy atom. The molecule has 1 N–H and O–H groups in total. The lowest BCUT2D eigenvalue weighted by Crippen LogP contribution is -2.27. The van der Waals surface area contributed by atoms with Crippen LogP contribution in [0.1, 0.15) is 18.4 Å². The summed E-state index contributed by atoms with van der Waals surface area (Å²) in [6.07, 6.45) is 4.80. The van der Waals surface area contributed by atoms with Crippen LogP contribution < -0.4 is 19.5 Å². The molecular weight excluding hydrogens is 420 g/mol. The van der Waals surface area contributed by atoms with Gasteiger partial charge in [0.1, 0.15) is 13.2 Å². The van der Waals surface area contributed by atoms with Gasteiger partial charge in [-0.1, -0.05) is 0 Å². The van der Waals surface area contributed by atoms with Crippen LogP contribution in [0.5, 0.6) is 17.2 Å². The Labute approximate surface area is 181 Å². The number of methoxy groups -OCH3 is 1. The molecule has 2 heterocycles. The molecule has 0 spiro atoms. The zero-order valence-corrected chi connectivity index (χ0v) is 18.0. The molecule has 0 bridgehead atoms. The van der Waals surface area contributed by atoms with Gasteiger partial charge in [0.05, 0.1) is 12.0 Å². The van der Waals surface area contributed by atoms with Gasteiger partial charge in [-0.3, -0.25) is 4.79 Å². The Kier molecular flexibility index (Phi) is 6.15. The first-order valence-corrected chi connectivity index (χ1v) is 11.5. The summed E-state index contributed by atoms with van der Waals surface area (Å²) in [7, 11) is -1.93. The molecule has 9 heteroatoms. The maximum absolute atomic E-state index is 12.6. The molecule has 31 heavy (non-hydrogen) atoms. The average molecular weight is 445 g/mol. The smallest absolute Gasteiger partial charge is 0.248 e. The second-order valence-electron chi connectivity index (χ2n) is 7.21. The highest BCUT2D eigenvalue weighted by molar-refractivity contribution is 7.89. The highest BCUT2D eigenvalue weighted by Gasteiger charge is 2.26. The third-order valence-corrected chi connectivity index (χ3v) is 7.02. The zero-order chi connectivity index (χ0) is 21.8. The number of nitrogens with one attached hydrogen (secondary N) is 1. The number of benzene rings is 2. The number of fused-ring (bicyclic) bond motifs is 1. The maximum atomic E-state index is 12.6. The third-order valence-electron chi connectivity index (χ3n) is 5.10. The fraction of sp³-hybridized carbons (Fsp3) is 0.318. The molecule has 0 saturated carbocycles. The topological polar surface area (TPSA) is 94.2 Å². The Hall–Kier alpha value is -3.04. The van der Waals surface area contributed by atoms with Crippen molar-refractivity contribution in [3.63, 3.8) is 0 Å². The van der Waals surface area contributed by atoms with Crippen LogP contribution in [0.2, 0.25) is 0 Å². The molecular formula is C22H24N2O6S. The van der Waals surface area contributed by atoms with Crippen molar-refractivity contribution in [2.45, 2.75) is 17.7 Å². The fourth-order valence-corrected chi connectivity index (χ4v) is 5.05. The van der Waals surface area contributed by atoms with E-state index in [9.17, 15) is 13.2 Å². The fourth-order valence-electron chi connectivity index (χ4n) is 3.53. The second kappa shape index (κ2) is 8.99. The summed E-state index contributed by atoms with van der Waals surface area (Å²) in [4.78, 5) is 12.5. The molecule has 2 aromatic carbocycles. The highest BCUT2D eigenvalue weighted by Crippen LogP contribution is 2.40. The first-order valence-electron chi connectivity index (χ1n) is 10.0. The summed E-state index contributed by atoms with van der Waals surface area (Å²) in [6, 6.07) is 9.73. The molecule has 1 saturated heterocycles. The predicted molar refractivity (Wildman–Crippen MR) is 116 cm³/mol. The van der Waals surface area contributed by atoms with E-state index in [1.807, 2.05) is 0 Å². The van der Waals surface area contributed by atoms with E-state index in [2.05, 4.69) is 5.32 Å². The van der Waals surface area contributed by atoms with Gasteiger partial charge >= 0.3 is 0 Å². The molecule has 1 fully saturated rings. The van der Waals surface area contributed by atoms with Crippen LogP contribution in [0.25, 0.3) is 6.08 Å². The summed E-state index contributed by atoms with van der Waals surface area (Å²) in [5.74, 6) is 1.32. The molecule has 8 nitrogen and oxygen atoms in total. The number of ether oxygens (including phenoxy) is 3. The number of nitrogens with zero attached hydrogens (tertiary/aromatic N) is 1. The van der Waals surface area contributed by atoms with E-state index in [4.69, 9.17) is 14.2 Å². The van der Waals surface area contributed by atoms with Gasteiger partial charge in [0.25, 0.3) is 0 Å². The standard InChI is InChI=1S/C22H24N2O6S/c1-28-19-14-16(15-20-22(19)30-13-12-29-20)4-9-21(25)23-17-5-7-18(8-6-17)31(26,27)24-10-2-3-11-24/h4-9,14-15H,2-3,10-13H2,1H3,(H,23,25). The van der Waals surface area contributed by atoms with Crippen molar-refractivity contribution in [3.05, 3.63) is 48.0 Å². The SMILES string of the molecule is COc1cc(C=CC(=O)Nc2ccc(S(=O)(=O)N3CCCC3)cc2)cc2c1OCCO2. The van der Waals surface area contributed by atoms with Crippen molar-refractivity contribution in [1.29, 1.82) is 0 Å². The number of rotatable bonds is 6. The van der Waals surface area contributed by atoms with Crippen LogP contribution in [0, 0.1) is 0 Å². The van der Waals surface area contributed by atoms with Crippen LogP contribution in [0.15, 0.2) is 47.4 Å². The average Bonchev–Trinajstić information content (AvgIpc) is 3.33. The normalized spacial score (nSPS) is 16.4. The quantitative estimate of drug-likeness (QED) is 0.689. The van der Waals surface area contributed by atoms with Crippen LogP contribution in [0.4, 0.5) is 5.69 Å². The van der Waals surface area contributed by atoms with Gasteiger partial charge < -0.3 is 19.5 Å². The maximum Gasteiger partial charge on any atom is 0.248 e. The van der Waals surface area contributed by atoms with E-state index >= 15 is 0 Å². The van der Waals surface area contributed by atoms with Gasteiger partial charge in [-0.25, -0.2) is 8.42 Å². The molecule has 0 radical (unpaired) electrons. The van der Waals surface area contributed by atoms with E-state index < -0.39 is 10.0 Å². The number of hydrogen-bond donors (Lipinski definition) is 1. The van der Waals surface area contributed by atoms with Gasteiger partial charge in [0, 0.05) is 24.9 Å². The number of anilines is 1. The largest absolute Gasteiger partial charge is 0.493 e. The minimum atomic E-state index is -3.47. The van der Waals surface area contributed by atoms with Crippen LogP contribution in [-0.2, 0) is 14.8 Å². The zero-order valence-electron chi connectivity index (χ0n) is 17.2. The number of carbonyl (C=O) groups is 1. The summed E-state index contributed by atoms with van der Waals surface area (Å²) in [6.45, 7) is 2.01. The van der Waals surface area contributed by atoms with Gasteiger partial charge in [-0.05, 0) is 60.9 Å². The number of carbonyl (C=O) groups excluding carboxylic acids is 1. The molecule has 1 amide bonds. The lowest BCUT2D eigenvalue weighted by molar-refractivity contribution is -0.111. The molecule has 164 valence electrons. The minimum Gasteiger partial charge on any atom is -0.493 e. The van der Waals surface area contributed by atoms with Gasteiger partial charge in [0.2, 0.25) is 21.7 Å². The lowest BCUT2D eigenvalue weighted by Gasteiger charge is -2.20. The second-order valence-corrected chi connectivity index (χ2v) is 9.14. The van der Waals surface area contributed by atoms with Gasteiger partial charge in [-0.2, -0.15) is 4.31 Å². The Balaban J connectivity index is 1.42. The van der Waals surface area contributed by atoms with E-state index in [-0.39, 0.29) is 10.8 Å². The van der Waals surface area contributed by atoms with Gasteiger partial charge in [0.15, 0.2) is 11.5 Å². The summed E-state index contributed by atoms with van der Waals surface area (Å²) in [5.41, 5.74) is 1.23. The molecule has 0 atom stereocenters. The number of amides is 1. The summed E-state index contributed by atoms with van der Waals surface area (Å²) >= 11 is 0. The molecule has 2 aromatic rings. The molecule has 2 aliphatic heterocycles. The van der Waals surface area contributed by atoms with Crippen LogP contribution in [0.3, 0.4) is 0 Å². The van der Waals surface area contributed by atoms with Crippen molar-refractivity contribution in [1.82, 2.24) is 4.31 Å². The molecule has 2 aliphatic rings.